The highest BCUT2D eigenvalue weighted by Crippen LogP contribution is 2.32. The maximum Gasteiger partial charge on any atom is 0.419 e. The van der Waals surface area contributed by atoms with Gasteiger partial charge in [-0.25, -0.2) is 4.39 Å². The van der Waals surface area contributed by atoms with E-state index in [2.05, 4.69) is 33.4 Å². The lowest BCUT2D eigenvalue weighted by Crippen LogP contribution is -2.34. The first-order valence-electron chi connectivity index (χ1n) is 10.8. The summed E-state index contributed by atoms with van der Waals surface area (Å²) in [6, 6.07) is 3.28. The number of aromatic nitrogens is 2. The normalized spacial score (nSPS) is 16.2. The van der Waals surface area contributed by atoms with Crippen LogP contribution in [0.4, 0.5) is 23.4 Å². The topological polar surface area (TPSA) is 41.1 Å². The molecule has 1 aliphatic rings. The van der Waals surface area contributed by atoms with E-state index in [4.69, 9.17) is 0 Å². The van der Waals surface area contributed by atoms with E-state index < -0.39 is 17.6 Å². The van der Waals surface area contributed by atoms with Gasteiger partial charge >= 0.3 is 6.18 Å². The second-order valence-electron chi connectivity index (χ2n) is 7.76. The molecule has 0 bridgehead atoms. The van der Waals surface area contributed by atoms with Gasteiger partial charge in [0.25, 0.3) is 0 Å². The van der Waals surface area contributed by atoms with E-state index in [0.717, 1.165) is 60.2 Å². The molecule has 172 valence electrons. The molecule has 1 saturated heterocycles. The van der Waals surface area contributed by atoms with Gasteiger partial charge in [0.2, 0.25) is 0 Å². The lowest BCUT2D eigenvalue weighted by atomic mass is 10.1. The molecule has 0 amide bonds. The van der Waals surface area contributed by atoms with Crippen LogP contribution < -0.4 is 15.8 Å². The van der Waals surface area contributed by atoms with Gasteiger partial charge in [0.05, 0.1) is 11.3 Å². The Balaban J connectivity index is 2.03. The predicted octanol–water partition coefficient (Wildman–Crippen LogP) is 4.53. The van der Waals surface area contributed by atoms with Crippen molar-refractivity contribution in [2.75, 3.05) is 18.4 Å². The van der Waals surface area contributed by atoms with E-state index in [9.17, 15) is 17.6 Å². The summed E-state index contributed by atoms with van der Waals surface area (Å²) in [4.78, 5) is 2.31. The number of allylic oxidation sites excluding steroid dienone is 2. The van der Waals surface area contributed by atoms with E-state index in [1.165, 1.54) is 12.1 Å². The lowest BCUT2D eigenvalue weighted by Gasteiger charge is -2.19. The number of hydrogen-bond acceptors (Lipinski definition) is 4. The summed E-state index contributed by atoms with van der Waals surface area (Å²) >= 11 is 0. The summed E-state index contributed by atoms with van der Waals surface area (Å²) in [5.41, 5.74) is 0.461. The number of nitrogens with zero attached hydrogens (tertiary/aromatic N) is 3. The van der Waals surface area contributed by atoms with E-state index in [1.807, 2.05) is 26.0 Å². The van der Waals surface area contributed by atoms with Gasteiger partial charge in [-0.2, -0.15) is 18.3 Å². The van der Waals surface area contributed by atoms with Crippen molar-refractivity contribution in [3.63, 3.8) is 0 Å². The number of nitrogens with one attached hydrogen (secondary N) is 1. The van der Waals surface area contributed by atoms with Gasteiger partial charge in [0.1, 0.15) is 5.82 Å². The smallest absolute Gasteiger partial charge is 0.372 e. The molecular weight excluding hydrogens is 420 g/mol. The summed E-state index contributed by atoms with van der Waals surface area (Å²) in [7, 11) is 0. The van der Waals surface area contributed by atoms with Crippen LogP contribution in [0.3, 0.4) is 0 Å². The first-order chi connectivity index (χ1) is 15.3. The van der Waals surface area contributed by atoms with Crippen LogP contribution in [0.1, 0.15) is 49.9 Å². The van der Waals surface area contributed by atoms with E-state index in [0.29, 0.717) is 5.82 Å². The maximum atomic E-state index is 14.5. The van der Waals surface area contributed by atoms with Gasteiger partial charge in [-0.1, -0.05) is 31.2 Å². The molecule has 0 unspecified atom stereocenters. The quantitative estimate of drug-likeness (QED) is 0.660. The Hall–Kier alpha value is -2.90. The number of anilines is 1. The van der Waals surface area contributed by atoms with Crippen LogP contribution in [0.15, 0.2) is 30.0 Å². The van der Waals surface area contributed by atoms with E-state index in [-0.39, 0.29) is 12.1 Å². The SMILES string of the molecule is C/C=c1/c(C)nnc(NCc2cccc(C(F)(F)F)c2F)/c1=C/C(=C/CC)N1CCCC1. The average molecular weight is 449 g/mol. The number of likely N-dealkylation sites (tertiary alicyclic amines) is 1. The second-order valence-corrected chi connectivity index (χ2v) is 7.76. The summed E-state index contributed by atoms with van der Waals surface area (Å²) in [6.07, 6.45) is 4.50. The summed E-state index contributed by atoms with van der Waals surface area (Å²) in [5.74, 6) is -0.870. The third-order valence-corrected chi connectivity index (χ3v) is 5.53. The third kappa shape index (κ3) is 5.29. The minimum atomic E-state index is -4.75. The fourth-order valence-corrected chi connectivity index (χ4v) is 3.92. The number of aryl methyl sites for hydroxylation is 1. The first-order valence-corrected chi connectivity index (χ1v) is 10.8. The monoisotopic (exact) mass is 448 g/mol. The van der Waals surface area contributed by atoms with Crippen molar-refractivity contribution in [2.24, 2.45) is 0 Å². The standard InChI is InChI=1S/C24H28F4N4/c1-4-9-18(32-12-6-7-13-32)14-20-19(5-2)16(3)30-31-23(20)29-15-17-10-8-11-21(22(17)25)24(26,27)28/h5,8-11,14H,4,6-7,12-13,15H2,1-3H3,(H,29,31)/b18-9-,19-5-,20-14+. The fourth-order valence-electron chi connectivity index (χ4n) is 3.92. The molecule has 0 atom stereocenters. The molecule has 1 N–H and O–H groups in total. The van der Waals surface area contributed by atoms with Crippen LogP contribution in [-0.4, -0.2) is 28.2 Å². The summed E-state index contributed by atoms with van der Waals surface area (Å²) < 4.78 is 53.7. The number of halogens is 4. The van der Waals surface area contributed by atoms with Crippen LogP contribution in [0.25, 0.3) is 12.2 Å². The van der Waals surface area contributed by atoms with Crippen molar-refractivity contribution < 1.29 is 17.6 Å². The fraction of sp³-hybridized carbons (Fsp3) is 0.417. The number of alkyl halides is 3. The maximum absolute atomic E-state index is 14.5. The second kappa shape index (κ2) is 10.1. The highest BCUT2D eigenvalue weighted by atomic mass is 19.4. The number of rotatable bonds is 6. The van der Waals surface area contributed by atoms with Gasteiger partial charge in [0.15, 0.2) is 5.82 Å². The van der Waals surface area contributed by atoms with E-state index >= 15 is 0 Å². The Bertz CT molecular complexity index is 1100. The molecule has 8 heteroatoms. The Morgan fingerprint density at radius 2 is 1.88 bits per heavy atom. The minimum Gasteiger partial charge on any atom is -0.372 e. The van der Waals surface area contributed by atoms with Gasteiger partial charge in [-0.3, -0.25) is 0 Å². The van der Waals surface area contributed by atoms with Crippen molar-refractivity contribution in [1.29, 1.82) is 0 Å². The highest BCUT2D eigenvalue weighted by molar-refractivity contribution is 5.54. The molecule has 2 heterocycles. The molecule has 2 aromatic rings. The van der Waals surface area contributed by atoms with Crippen molar-refractivity contribution in [1.82, 2.24) is 15.1 Å². The molecular formula is C24H28F4N4. The van der Waals surface area contributed by atoms with Crippen LogP contribution in [0.2, 0.25) is 0 Å². The molecule has 1 aromatic heterocycles. The lowest BCUT2D eigenvalue weighted by molar-refractivity contribution is -0.140. The Kier molecular flexibility index (Phi) is 7.53. The average Bonchev–Trinajstić information content (AvgIpc) is 3.28. The Labute approximate surface area is 185 Å². The zero-order valence-corrected chi connectivity index (χ0v) is 18.6. The van der Waals surface area contributed by atoms with Crippen molar-refractivity contribution >= 4 is 18.0 Å². The van der Waals surface area contributed by atoms with Crippen LogP contribution in [0, 0.1) is 12.7 Å². The Morgan fingerprint density at radius 1 is 1.16 bits per heavy atom. The molecule has 0 aliphatic carbocycles. The molecule has 3 rings (SSSR count). The van der Waals surface area contributed by atoms with Crippen LogP contribution >= 0.6 is 0 Å². The molecule has 1 aromatic carbocycles. The van der Waals surface area contributed by atoms with Crippen molar-refractivity contribution in [3.8, 4) is 0 Å². The molecule has 0 radical (unpaired) electrons. The minimum absolute atomic E-state index is 0.0842. The summed E-state index contributed by atoms with van der Waals surface area (Å²) in [6.45, 7) is 7.63. The Morgan fingerprint density at radius 3 is 2.50 bits per heavy atom. The molecule has 4 nitrogen and oxygen atoms in total. The number of benzene rings is 1. The van der Waals surface area contributed by atoms with Crippen molar-refractivity contribution in [3.05, 3.63) is 63.0 Å². The number of hydrogen-bond donors (Lipinski definition) is 1. The zero-order valence-electron chi connectivity index (χ0n) is 18.6. The van der Waals surface area contributed by atoms with Crippen LogP contribution in [0.5, 0.6) is 0 Å². The first kappa shape index (κ1) is 23.8. The molecule has 1 fully saturated rings. The van der Waals surface area contributed by atoms with Crippen molar-refractivity contribution in [2.45, 2.75) is 52.8 Å². The zero-order chi connectivity index (χ0) is 23.3. The molecule has 1 aliphatic heterocycles. The van der Waals surface area contributed by atoms with E-state index in [1.54, 1.807) is 0 Å². The van der Waals surface area contributed by atoms with Crippen LogP contribution in [-0.2, 0) is 12.7 Å². The molecule has 32 heavy (non-hydrogen) atoms. The van der Waals surface area contributed by atoms with Gasteiger partial charge < -0.3 is 10.2 Å². The molecule has 0 spiro atoms. The van der Waals surface area contributed by atoms with Gasteiger partial charge in [-0.15, -0.1) is 5.10 Å². The predicted molar refractivity (Wildman–Crippen MR) is 119 cm³/mol. The highest BCUT2D eigenvalue weighted by Gasteiger charge is 2.34. The summed E-state index contributed by atoms with van der Waals surface area (Å²) in [5, 5.41) is 13.1. The van der Waals surface area contributed by atoms with Gasteiger partial charge in [0, 0.05) is 41.3 Å². The van der Waals surface area contributed by atoms with Gasteiger partial charge in [-0.05, 0) is 45.3 Å². The molecule has 0 saturated carbocycles. The largest absolute Gasteiger partial charge is 0.419 e. The third-order valence-electron chi connectivity index (χ3n) is 5.53.